The lowest BCUT2D eigenvalue weighted by atomic mass is 10.0. The number of hydrogen-bond donors (Lipinski definition) is 1. The second kappa shape index (κ2) is 4.68. The topological polar surface area (TPSA) is 38.0 Å². The minimum absolute atomic E-state index is 0.145. The molecule has 3 aromatic rings. The molecule has 3 rings (SSSR count). The molecule has 1 N–H and O–H groups in total. The third kappa shape index (κ3) is 2.06. The lowest BCUT2D eigenvalue weighted by Gasteiger charge is -2.09. The summed E-state index contributed by atoms with van der Waals surface area (Å²) in [4.78, 5) is 0. The molecule has 0 saturated carbocycles. The van der Waals surface area contributed by atoms with Crippen molar-refractivity contribution in [3.05, 3.63) is 65.4 Å². The van der Waals surface area contributed by atoms with Gasteiger partial charge < -0.3 is 5.11 Å². The molecule has 2 aromatic carbocycles. The van der Waals surface area contributed by atoms with Gasteiger partial charge in [0, 0.05) is 18.5 Å². The lowest BCUT2D eigenvalue weighted by molar-refractivity contribution is 0.214. The van der Waals surface area contributed by atoms with Crippen LogP contribution in [0.1, 0.15) is 17.4 Å². The van der Waals surface area contributed by atoms with Gasteiger partial charge in [0.15, 0.2) is 0 Å². The molecule has 1 heterocycles. The van der Waals surface area contributed by atoms with Crippen LogP contribution in [-0.2, 0) is 7.05 Å². The third-order valence-corrected chi connectivity index (χ3v) is 3.25. The first-order valence-corrected chi connectivity index (χ1v) is 6.12. The van der Waals surface area contributed by atoms with E-state index in [4.69, 9.17) is 0 Å². The van der Waals surface area contributed by atoms with Crippen molar-refractivity contribution in [1.29, 1.82) is 0 Å². The zero-order valence-electron chi connectivity index (χ0n) is 10.7. The fourth-order valence-corrected chi connectivity index (χ4v) is 2.33. The van der Waals surface area contributed by atoms with Crippen LogP contribution in [0.25, 0.3) is 10.9 Å². The number of hydrogen-bond acceptors (Lipinski definition) is 2. The highest BCUT2D eigenvalue weighted by Gasteiger charge is 2.19. The monoisotopic (exact) mass is 274 g/mol. The largest absolute Gasteiger partial charge is 0.382 e. The van der Waals surface area contributed by atoms with E-state index in [2.05, 4.69) is 5.10 Å². The van der Waals surface area contributed by atoms with Crippen molar-refractivity contribution in [2.45, 2.75) is 6.10 Å². The van der Waals surface area contributed by atoms with Gasteiger partial charge in [-0.2, -0.15) is 5.10 Å². The number of rotatable bonds is 2. The molecule has 1 atom stereocenters. The fourth-order valence-electron chi connectivity index (χ4n) is 2.33. The van der Waals surface area contributed by atoms with Crippen LogP contribution in [0.3, 0.4) is 0 Å². The van der Waals surface area contributed by atoms with E-state index in [1.54, 1.807) is 11.7 Å². The van der Waals surface area contributed by atoms with Gasteiger partial charge in [-0.05, 0) is 23.8 Å². The van der Waals surface area contributed by atoms with E-state index in [-0.39, 0.29) is 5.56 Å². The molecule has 0 saturated heterocycles. The Kier molecular flexibility index (Phi) is 2.99. The van der Waals surface area contributed by atoms with Crippen LogP contribution < -0.4 is 0 Å². The van der Waals surface area contributed by atoms with Gasteiger partial charge in [-0.3, -0.25) is 4.68 Å². The first-order valence-electron chi connectivity index (χ1n) is 6.12. The zero-order valence-corrected chi connectivity index (χ0v) is 10.7. The van der Waals surface area contributed by atoms with Crippen LogP contribution in [0, 0.1) is 11.6 Å². The van der Waals surface area contributed by atoms with Crippen molar-refractivity contribution in [3.8, 4) is 0 Å². The van der Waals surface area contributed by atoms with Crippen molar-refractivity contribution in [2.75, 3.05) is 0 Å². The summed E-state index contributed by atoms with van der Waals surface area (Å²) in [5.41, 5.74) is 1.37. The van der Waals surface area contributed by atoms with Crippen LogP contribution >= 0.6 is 0 Å². The SMILES string of the molecule is Cn1nc(C(O)c2cc(F)cc(F)c2)c2ccccc21. The van der Waals surface area contributed by atoms with E-state index in [9.17, 15) is 13.9 Å². The van der Waals surface area contributed by atoms with Crippen LogP contribution in [0.5, 0.6) is 0 Å². The minimum Gasteiger partial charge on any atom is -0.382 e. The molecule has 0 aliphatic rings. The quantitative estimate of drug-likeness (QED) is 0.780. The van der Waals surface area contributed by atoms with Gasteiger partial charge in [0.1, 0.15) is 23.4 Å². The highest BCUT2D eigenvalue weighted by Crippen LogP contribution is 2.28. The first kappa shape index (κ1) is 12.7. The molecule has 20 heavy (non-hydrogen) atoms. The molecule has 1 unspecified atom stereocenters. The number of nitrogens with zero attached hydrogens (tertiary/aromatic N) is 2. The Balaban J connectivity index is 2.15. The van der Waals surface area contributed by atoms with Gasteiger partial charge in [0.2, 0.25) is 0 Å². The Morgan fingerprint density at radius 1 is 1.10 bits per heavy atom. The standard InChI is InChI=1S/C15H12F2N2O/c1-19-13-5-3-2-4-12(13)14(18-19)15(20)9-6-10(16)8-11(17)7-9/h2-8,15,20H,1H3. The predicted octanol–water partition coefficient (Wildman–Crippen LogP) is 2.93. The van der Waals surface area contributed by atoms with E-state index in [0.717, 1.165) is 29.1 Å². The molecule has 3 nitrogen and oxygen atoms in total. The number of aliphatic hydroxyl groups is 1. The number of fused-ring (bicyclic) bond motifs is 1. The second-order valence-electron chi connectivity index (χ2n) is 4.63. The Morgan fingerprint density at radius 2 is 1.75 bits per heavy atom. The number of aryl methyl sites for hydroxylation is 1. The van der Waals surface area contributed by atoms with Crippen LogP contribution in [0.4, 0.5) is 8.78 Å². The Bertz CT molecular complexity index is 762. The predicted molar refractivity (Wildman–Crippen MR) is 71.1 cm³/mol. The number of para-hydroxylation sites is 1. The van der Waals surface area contributed by atoms with E-state index in [0.29, 0.717) is 5.69 Å². The summed E-state index contributed by atoms with van der Waals surface area (Å²) in [6, 6.07) is 10.4. The highest BCUT2D eigenvalue weighted by molar-refractivity contribution is 5.82. The molecule has 0 radical (unpaired) electrons. The van der Waals surface area contributed by atoms with Crippen molar-refractivity contribution in [1.82, 2.24) is 9.78 Å². The van der Waals surface area contributed by atoms with E-state index >= 15 is 0 Å². The summed E-state index contributed by atoms with van der Waals surface area (Å²) >= 11 is 0. The van der Waals surface area contributed by atoms with Gasteiger partial charge in [-0.25, -0.2) is 8.78 Å². The molecule has 0 aliphatic carbocycles. The minimum atomic E-state index is -1.17. The van der Waals surface area contributed by atoms with Gasteiger partial charge in [0.25, 0.3) is 0 Å². The summed E-state index contributed by atoms with van der Waals surface area (Å²) in [7, 11) is 1.75. The zero-order chi connectivity index (χ0) is 14.3. The third-order valence-electron chi connectivity index (χ3n) is 3.25. The van der Waals surface area contributed by atoms with Gasteiger partial charge in [-0.1, -0.05) is 18.2 Å². The smallest absolute Gasteiger partial charge is 0.126 e. The van der Waals surface area contributed by atoms with Crippen LogP contribution in [-0.4, -0.2) is 14.9 Å². The maximum Gasteiger partial charge on any atom is 0.126 e. The molecule has 0 fully saturated rings. The molecule has 5 heteroatoms. The Morgan fingerprint density at radius 3 is 2.45 bits per heavy atom. The Labute approximate surface area is 114 Å². The lowest BCUT2D eigenvalue weighted by Crippen LogP contribution is -2.03. The summed E-state index contributed by atoms with van der Waals surface area (Å²) in [6.07, 6.45) is -1.17. The molecule has 0 bridgehead atoms. The number of benzene rings is 2. The first-order chi connectivity index (χ1) is 9.56. The van der Waals surface area contributed by atoms with Gasteiger partial charge in [-0.15, -0.1) is 0 Å². The fraction of sp³-hybridized carbons (Fsp3) is 0.133. The molecule has 102 valence electrons. The maximum atomic E-state index is 13.2. The maximum absolute atomic E-state index is 13.2. The van der Waals surface area contributed by atoms with E-state index in [1.807, 2.05) is 24.3 Å². The van der Waals surface area contributed by atoms with Crippen molar-refractivity contribution >= 4 is 10.9 Å². The Hall–Kier alpha value is -2.27. The molecule has 0 aliphatic heterocycles. The second-order valence-corrected chi connectivity index (χ2v) is 4.63. The molecular weight excluding hydrogens is 262 g/mol. The van der Waals surface area contributed by atoms with E-state index in [1.165, 1.54) is 0 Å². The van der Waals surface area contributed by atoms with Gasteiger partial charge in [0.05, 0.1) is 5.52 Å². The number of aliphatic hydroxyl groups excluding tert-OH is 1. The molecule has 0 spiro atoms. The summed E-state index contributed by atoms with van der Waals surface area (Å²) in [5, 5.41) is 15.3. The van der Waals surface area contributed by atoms with E-state index < -0.39 is 17.7 Å². The highest BCUT2D eigenvalue weighted by atomic mass is 19.1. The van der Waals surface area contributed by atoms with Crippen LogP contribution in [0.15, 0.2) is 42.5 Å². The molecule has 0 amide bonds. The van der Waals surface area contributed by atoms with Crippen molar-refractivity contribution in [2.24, 2.45) is 7.05 Å². The number of halogens is 2. The van der Waals surface area contributed by atoms with Crippen molar-refractivity contribution in [3.63, 3.8) is 0 Å². The molecular formula is C15H12F2N2O. The van der Waals surface area contributed by atoms with Gasteiger partial charge >= 0.3 is 0 Å². The molecule has 1 aromatic heterocycles. The van der Waals surface area contributed by atoms with Crippen molar-refractivity contribution < 1.29 is 13.9 Å². The number of aromatic nitrogens is 2. The summed E-state index contributed by atoms with van der Waals surface area (Å²) in [6.45, 7) is 0. The normalized spacial score (nSPS) is 12.8. The average Bonchev–Trinajstić information content (AvgIpc) is 2.75. The summed E-state index contributed by atoms with van der Waals surface area (Å²) in [5.74, 6) is -1.45. The summed E-state index contributed by atoms with van der Waals surface area (Å²) < 4.78 is 28.1. The average molecular weight is 274 g/mol. The van der Waals surface area contributed by atoms with Crippen LogP contribution in [0.2, 0.25) is 0 Å².